The number of ether oxygens (including phenoxy) is 3. The predicted octanol–water partition coefficient (Wildman–Crippen LogP) is 2.49. The summed E-state index contributed by atoms with van der Waals surface area (Å²) in [4.78, 5) is 27.6. The van der Waals surface area contributed by atoms with Crippen LogP contribution < -0.4 is 19.5 Å². The maximum absolute atomic E-state index is 13.2. The number of fused-ring (bicyclic) bond motifs is 1. The van der Waals surface area contributed by atoms with Crippen LogP contribution in [0.2, 0.25) is 0 Å². The third-order valence-electron chi connectivity index (χ3n) is 4.80. The van der Waals surface area contributed by atoms with E-state index in [4.69, 9.17) is 19.5 Å². The molecule has 2 aromatic carbocycles. The maximum Gasteiger partial charge on any atom is 0.255 e. The summed E-state index contributed by atoms with van der Waals surface area (Å²) in [6.07, 6.45) is 0. The number of hydrogen-bond acceptors (Lipinski definition) is 7. The highest BCUT2D eigenvalue weighted by Gasteiger charge is 2.36. The van der Waals surface area contributed by atoms with Gasteiger partial charge >= 0.3 is 0 Å². The van der Waals surface area contributed by atoms with Crippen molar-refractivity contribution >= 4 is 29.3 Å². The van der Waals surface area contributed by atoms with Gasteiger partial charge in [0.2, 0.25) is 11.7 Å². The Kier molecular flexibility index (Phi) is 5.68. The summed E-state index contributed by atoms with van der Waals surface area (Å²) in [5.41, 5.74) is 1.45. The molecule has 0 bridgehead atoms. The minimum atomic E-state index is -0.614. The molecule has 1 fully saturated rings. The fraction of sp³-hybridized carbons (Fsp3) is 0.286. The quantitative estimate of drug-likeness (QED) is 0.803. The van der Waals surface area contributed by atoms with Gasteiger partial charge in [-0.05, 0) is 36.4 Å². The first-order chi connectivity index (χ1) is 14.6. The zero-order valence-corrected chi connectivity index (χ0v) is 17.0. The van der Waals surface area contributed by atoms with Gasteiger partial charge in [0, 0.05) is 17.0 Å². The van der Waals surface area contributed by atoms with Crippen LogP contribution in [0.15, 0.2) is 36.4 Å². The lowest BCUT2D eigenvalue weighted by molar-refractivity contribution is -0.119. The van der Waals surface area contributed by atoms with E-state index in [-0.39, 0.29) is 11.8 Å². The topological polar surface area (TPSA) is 101 Å². The Bertz CT molecular complexity index is 1000. The Labute approximate surface area is 177 Å². The van der Waals surface area contributed by atoms with Crippen LogP contribution in [0, 0.1) is 11.3 Å². The van der Waals surface area contributed by atoms with Crippen LogP contribution in [-0.2, 0) is 4.79 Å². The largest absolute Gasteiger partial charge is 0.493 e. The lowest BCUT2D eigenvalue weighted by Crippen LogP contribution is -2.44. The number of benzene rings is 2. The van der Waals surface area contributed by atoms with Gasteiger partial charge in [0.15, 0.2) is 11.5 Å². The average molecular weight is 425 g/mol. The SMILES string of the molecule is COc1cc(C(=O)N2CSCC2C(=O)Nc2ccc(C#N)cc2)cc2c1OCCO2. The zero-order valence-electron chi connectivity index (χ0n) is 16.2. The molecule has 0 aromatic heterocycles. The van der Waals surface area contributed by atoms with Crippen LogP contribution in [0.4, 0.5) is 5.69 Å². The van der Waals surface area contributed by atoms with Crippen LogP contribution in [0.1, 0.15) is 15.9 Å². The lowest BCUT2D eigenvalue weighted by atomic mass is 10.1. The van der Waals surface area contributed by atoms with E-state index in [2.05, 4.69) is 5.32 Å². The molecule has 154 valence electrons. The predicted molar refractivity (Wildman–Crippen MR) is 111 cm³/mol. The molecule has 1 unspecified atom stereocenters. The molecule has 2 aliphatic heterocycles. The third-order valence-corrected chi connectivity index (χ3v) is 5.81. The first-order valence-electron chi connectivity index (χ1n) is 9.28. The lowest BCUT2D eigenvalue weighted by Gasteiger charge is -2.25. The van der Waals surface area contributed by atoms with Gasteiger partial charge in [-0.1, -0.05) is 0 Å². The number of methoxy groups -OCH3 is 1. The molecule has 2 aromatic rings. The van der Waals surface area contributed by atoms with E-state index in [0.717, 1.165) is 0 Å². The van der Waals surface area contributed by atoms with Gasteiger partial charge in [-0.15, -0.1) is 11.8 Å². The molecule has 1 atom stereocenters. The van der Waals surface area contributed by atoms with Crippen molar-refractivity contribution in [2.75, 3.05) is 37.3 Å². The summed E-state index contributed by atoms with van der Waals surface area (Å²) < 4.78 is 16.5. The summed E-state index contributed by atoms with van der Waals surface area (Å²) in [6, 6.07) is 11.2. The van der Waals surface area contributed by atoms with E-state index in [1.165, 1.54) is 23.8 Å². The van der Waals surface area contributed by atoms with Gasteiger partial charge in [0.05, 0.1) is 24.6 Å². The number of hydrogen-bond donors (Lipinski definition) is 1. The highest BCUT2D eigenvalue weighted by molar-refractivity contribution is 7.99. The number of nitrogens with one attached hydrogen (secondary N) is 1. The molecular formula is C21H19N3O5S. The Balaban J connectivity index is 1.53. The monoisotopic (exact) mass is 425 g/mol. The van der Waals surface area contributed by atoms with E-state index in [9.17, 15) is 9.59 Å². The second-order valence-corrected chi connectivity index (χ2v) is 7.67. The fourth-order valence-corrected chi connectivity index (χ4v) is 4.43. The molecule has 9 heteroatoms. The van der Waals surface area contributed by atoms with Gasteiger partial charge in [-0.25, -0.2) is 0 Å². The normalized spacial score (nSPS) is 17.2. The molecule has 30 heavy (non-hydrogen) atoms. The average Bonchev–Trinajstić information content (AvgIpc) is 3.28. The summed E-state index contributed by atoms with van der Waals surface area (Å²) in [5, 5.41) is 11.7. The molecule has 1 N–H and O–H groups in total. The van der Waals surface area contributed by atoms with E-state index in [1.807, 2.05) is 6.07 Å². The number of rotatable bonds is 4. The second-order valence-electron chi connectivity index (χ2n) is 6.67. The van der Waals surface area contributed by atoms with Crippen LogP contribution >= 0.6 is 11.8 Å². The molecule has 2 aliphatic rings. The van der Waals surface area contributed by atoms with Crippen molar-refractivity contribution in [1.82, 2.24) is 4.90 Å². The molecule has 4 rings (SSSR count). The van der Waals surface area contributed by atoms with Crippen molar-refractivity contribution in [3.8, 4) is 23.3 Å². The van der Waals surface area contributed by atoms with Gasteiger partial charge in [0.1, 0.15) is 19.3 Å². The van der Waals surface area contributed by atoms with Crippen molar-refractivity contribution in [3.63, 3.8) is 0 Å². The number of carbonyl (C=O) groups is 2. The van der Waals surface area contributed by atoms with Crippen molar-refractivity contribution in [1.29, 1.82) is 5.26 Å². The van der Waals surface area contributed by atoms with Crippen LogP contribution in [0.5, 0.6) is 17.2 Å². The molecule has 0 aliphatic carbocycles. The molecular weight excluding hydrogens is 406 g/mol. The van der Waals surface area contributed by atoms with E-state index < -0.39 is 6.04 Å². The summed E-state index contributed by atoms with van der Waals surface area (Å²) in [6.45, 7) is 0.806. The Morgan fingerprint density at radius 2 is 2.00 bits per heavy atom. The van der Waals surface area contributed by atoms with E-state index in [0.29, 0.717) is 58.9 Å². The Morgan fingerprint density at radius 1 is 1.23 bits per heavy atom. The van der Waals surface area contributed by atoms with Gasteiger partial charge in [-0.2, -0.15) is 5.26 Å². The minimum absolute atomic E-state index is 0.275. The molecule has 2 amide bonds. The van der Waals surface area contributed by atoms with Crippen LogP contribution in [-0.4, -0.2) is 54.7 Å². The highest BCUT2D eigenvalue weighted by atomic mass is 32.2. The Hall–Kier alpha value is -3.38. The van der Waals surface area contributed by atoms with E-state index >= 15 is 0 Å². The summed E-state index contributed by atoms with van der Waals surface area (Å²) in [7, 11) is 1.50. The number of amides is 2. The van der Waals surface area contributed by atoms with Crippen molar-refractivity contribution < 1.29 is 23.8 Å². The minimum Gasteiger partial charge on any atom is -0.493 e. The van der Waals surface area contributed by atoms with Crippen molar-refractivity contribution in [2.45, 2.75) is 6.04 Å². The van der Waals surface area contributed by atoms with Crippen LogP contribution in [0.25, 0.3) is 0 Å². The maximum atomic E-state index is 13.2. The number of anilines is 1. The molecule has 1 saturated heterocycles. The third kappa shape index (κ3) is 3.86. The summed E-state index contributed by atoms with van der Waals surface area (Å²) >= 11 is 1.51. The number of nitrogens with zero attached hydrogens (tertiary/aromatic N) is 2. The van der Waals surface area contributed by atoms with Gasteiger partial charge < -0.3 is 24.4 Å². The molecule has 8 nitrogen and oxygen atoms in total. The highest BCUT2D eigenvalue weighted by Crippen LogP contribution is 2.41. The zero-order chi connectivity index (χ0) is 21.1. The molecule has 0 radical (unpaired) electrons. The van der Waals surface area contributed by atoms with E-state index in [1.54, 1.807) is 36.4 Å². The number of nitriles is 1. The first kappa shape index (κ1) is 19.9. The Morgan fingerprint density at radius 3 is 2.73 bits per heavy atom. The summed E-state index contributed by atoms with van der Waals surface area (Å²) in [5.74, 6) is 1.69. The van der Waals surface area contributed by atoms with Gasteiger partial charge in [-0.3, -0.25) is 9.59 Å². The van der Waals surface area contributed by atoms with Crippen LogP contribution in [0.3, 0.4) is 0 Å². The second kappa shape index (κ2) is 8.55. The van der Waals surface area contributed by atoms with Crippen molar-refractivity contribution in [3.05, 3.63) is 47.5 Å². The molecule has 0 saturated carbocycles. The van der Waals surface area contributed by atoms with Crippen molar-refractivity contribution in [2.24, 2.45) is 0 Å². The molecule has 0 spiro atoms. The number of carbonyl (C=O) groups excluding carboxylic acids is 2. The van der Waals surface area contributed by atoms with Gasteiger partial charge in [0.25, 0.3) is 5.91 Å². The smallest absolute Gasteiger partial charge is 0.255 e. The first-order valence-corrected chi connectivity index (χ1v) is 10.4. The molecule has 2 heterocycles. The fourth-order valence-electron chi connectivity index (χ4n) is 3.28. The number of thioether (sulfide) groups is 1. The standard InChI is InChI=1S/C21H19N3O5S/c1-27-17-8-14(9-18-19(17)29-7-6-28-18)21(26)24-12-30-11-16(24)20(25)23-15-4-2-13(10-22)3-5-15/h2-5,8-9,16H,6-7,11-12H2,1H3,(H,23,25).